The summed E-state index contributed by atoms with van der Waals surface area (Å²) < 4.78 is 5.86. The molecule has 2 aromatic rings. The second-order valence-electron chi connectivity index (χ2n) is 4.61. The highest BCUT2D eigenvalue weighted by Gasteiger charge is 2.14. The molecule has 1 aromatic heterocycles. The zero-order valence-electron chi connectivity index (χ0n) is 11.0. The molecule has 0 spiro atoms. The van der Waals surface area contributed by atoms with E-state index >= 15 is 0 Å². The predicted molar refractivity (Wildman–Crippen MR) is 77.1 cm³/mol. The zero-order valence-corrected chi connectivity index (χ0v) is 12.6. The molecule has 6 heteroatoms. The van der Waals surface area contributed by atoms with Gasteiger partial charge in [0, 0.05) is 23.1 Å². The van der Waals surface area contributed by atoms with Gasteiger partial charge in [-0.15, -0.1) is 0 Å². The van der Waals surface area contributed by atoms with E-state index in [0.717, 1.165) is 21.3 Å². The third-order valence-corrected chi connectivity index (χ3v) is 3.37. The van der Waals surface area contributed by atoms with Gasteiger partial charge in [0.1, 0.15) is 12.0 Å². The average molecular weight is 339 g/mol. The molecule has 0 bridgehead atoms. The van der Waals surface area contributed by atoms with E-state index in [1.807, 2.05) is 36.1 Å². The van der Waals surface area contributed by atoms with Gasteiger partial charge in [-0.05, 0) is 24.6 Å². The van der Waals surface area contributed by atoms with Crippen LogP contribution < -0.4 is 0 Å². The minimum absolute atomic E-state index is 0.0428. The molecule has 0 unspecified atom stereocenters. The summed E-state index contributed by atoms with van der Waals surface area (Å²) in [5, 5.41) is 12.9. The van der Waals surface area contributed by atoms with Crippen LogP contribution in [0.5, 0.6) is 0 Å². The second kappa shape index (κ2) is 6.67. The van der Waals surface area contributed by atoms with Gasteiger partial charge in [0.15, 0.2) is 0 Å². The Balaban J connectivity index is 2.11. The van der Waals surface area contributed by atoms with E-state index in [0.29, 0.717) is 13.1 Å². The fraction of sp³-hybridized carbons (Fsp3) is 0.286. The van der Waals surface area contributed by atoms with Gasteiger partial charge in [-0.25, -0.2) is 0 Å². The maximum atomic E-state index is 11.0. The van der Waals surface area contributed by atoms with Crippen molar-refractivity contribution in [1.29, 1.82) is 0 Å². The van der Waals surface area contributed by atoms with Gasteiger partial charge in [-0.1, -0.05) is 33.2 Å². The SMILES string of the molecule is Cc1conc1CN(CC(=O)O)Cc1cccc(Br)c1. The molecular weight excluding hydrogens is 324 g/mol. The number of hydrogen-bond acceptors (Lipinski definition) is 4. The van der Waals surface area contributed by atoms with Gasteiger partial charge in [-0.3, -0.25) is 9.69 Å². The number of aryl methyl sites for hydroxylation is 1. The summed E-state index contributed by atoms with van der Waals surface area (Å²) in [7, 11) is 0. The van der Waals surface area contributed by atoms with E-state index in [9.17, 15) is 4.79 Å². The van der Waals surface area contributed by atoms with Crippen molar-refractivity contribution in [2.24, 2.45) is 0 Å². The number of aromatic nitrogens is 1. The molecule has 20 heavy (non-hydrogen) atoms. The van der Waals surface area contributed by atoms with Crippen LogP contribution in [0.15, 0.2) is 39.5 Å². The largest absolute Gasteiger partial charge is 0.480 e. The highest BCUT2D eigenvalue weighted by molar-refractivity contribution is 9.10. The van der Waals surface area contributed by atoms with Crippen molar-refractivity contribution in [3.05, 3.63) is 51.8 Å². The van der Waals surface area contributed by atoms with Crippen molar-refractivity contribution in [2.75, 3.05) is 6.54 Å². The molecule has 0 fully saturated rings. The van der Waals surface area contributed by atoms with E-state index < -0.39 is 5.97 Å². The molecule has 1 heterocycles. The molecule has 0 atom stereocenters. The highest BCUT2D eigenvalue weighted by atomic mass is 79.9. The van der Waals surface area contributed by atoms with E-state index in [-0.39, 0.29) is 6.54 Å². The standard InChI is InChI=1S/C14H15BrN2O3/c1-10-9-20-16-13(10)7-17(8-14(18)19)6-11-3-2-4-12(15)5-11/h2-5,9H,6-8H2,1H3,(H,18,19). The molecule has 0 aliphatic heterocycles. The summed E-state index contributed by atoms with van der Waals surface area (Å²) in [6.07, 6.45) is 1.56. The number of carbonyl (C=O) groups is 1. The topological polar surface area (TPSA) is 66.6 Å². The number of carboxylic acid groups (broad SMARTS) is 1. The number of rotatable bonds is 6. The first-order valence-corrected chi connectivity index (χ1v) is 6.92. The van der Waals surface area contributed by atoms with Crippen molar-refractivity contribution in [1.82, 2.24) is 10.1 Å². The first-order chi connectivity index (χ1) is 9.54. The van der Waals surface area contributed by atoms with Crippen LogP contribution in [0.2, 0.25) is 0 Å². The molecule has 0 radical (unpaired) electrons. The Bertz CT molecular complexity index is 598. The fourth-order valence-electron chi connectivity index (χ4n) is 1.93. The number of carboxylic acids is 1. The Morgan fingerprint density at radius 3 is 2.85 bits per heavy atom. The lowest BCUT2D eigenvalue weighted by atomic mass is 10.2. The fourth-order valence-corrected chi connectivity index (χ4v) is 2.37. The minimum Gasteiger partial charge on any atom is -0.480 e. The molecule has 2 rings (SSSR count). The van der Waals surface area contributed by atoms with Gasteiger partial charge in [0.05, 0.1) is 6.54 Å². The molecular formula is C14H15BrN2O3. The smallest absolute Gasteiger partial charge is 0.317 e. The van der Waals surface area contributed by atoms with Crippen molar-refractivity contribution in [3.8, 4) is 0 Å². The Hall–Kier alpha value is -1.66. The van der Waals surface area contributed by atoms with Crippen LogP contribution in [0.25, 0.3) is 0 Å². The van der Waals surface area contributed by atoms with Crippen LogP contribution in [-0.4, -0.2) is 27.7 Å². The van der Waals surface area contributed by atoms with Crippen molar-refractivity contribution >= 4 is 21.9 Å². The Kier molecular flexibility index (Phi) is 4.92. The summed E-state index contributed by atoms with van der Waals surface area (Å²) in [6.45, 7) is 2.84. The van der Waals surface area contributed by atoms with E-state index in [2.05, 4.69) is 21.1 Å². The Morgan fingerprint density at radius 2 is 2.25 bits per heavy atom. The number of benzene rings is 1. The number of halogens is 1. The van der Waals surface area contributed by atoms with Crippen molar-refractivity contribution < 1.29 is 14.4 Å². The van der Waals surface area contributed by atoms with Crippen LogP contribution in [0.3, 0.4) is 0 Å². The predicted octanol–water partition coefficient (Wildman–Crippen LogP) is 2.83. The molecule has 106 valence electrons. The Labute approximate surface area is 125 Å². The highest BCUT2D eigenvalue weighted by Crippen LogP contribution is 2.15. The monoisotopic (exact) mass is 338 g/mol. The summed E-state index contributed by atoms with van der Waals surface area (Å²) in [4.78, 5) is 12.8. The summed E-state index contributed by atoms with van der Waals surface area (Å²) in [5.41, 5.74) is 2.73. The minimum atomic E-state index is -0.860. The summed E-state index contributed by atoms with van der Waals surface area (Å²) in [6, 6.07) is 7.81. The number of aliphatic carboxylic acids is 1. The van der Waals surface area contributed by atoms with Gasteiger partial charge in [-0.2, -0.15) is 0 Å². The molecule has 0 aliphatic carbocycles. The first kappa shape index (κ1) is 14.7. The normalized spacial score (nSPS) is 10.9. The molecule has 1 N–H and O–H groups in total. The third-order valence-electron chi connectivity index (χ3n) is 2.88. The van der Waals surface area contributed by atoms with Crippen molar-refractivity contribution in [2.45, 2.75) is 20.0 Å². The van der Waals surface area contributed by atoms with Gasteiger partial charge in [0.2, 0.25) is 0 Å². The lowest BCUT2D eigenvalue weighted by Crippen LogP contribution is -2.29. The van der Waals surface area contributed by atoms with E-state index in [1.165, 1.54) is 0 Å². The van der Waals surface area contributed by atoms with Crippen molar-refractivity contribution in [3.63, 3.8) is 0 Å². The molecule has 0 saturated carbocycles. The van der Waals surface area contributed by atoms with Gasteiger partial charge < -0.3 is 9.63 Å². The van der Waals surface area contributed by atoms with E-state index in [4.69, 9.17) is 9.63 Å². The maximum Gasteiger partial charge on any atom is 0.317 e. The lowest BCUT2D eigenvalue weighted by Gasteiger charge is -2.19. The average Bonchev–Trinajstić information content (AvgIpc) is 2.74. The van der Waals surface area contributed by atoms with Crippen LogP contribution >= 0.6 is 15.9 Å². The molecule has 0 aliphatic rings. The first-order valence-electron chi connectivity index (χ1n) is 6.13. The second-order valence-corrected chi connectivity index (χ2v) is 5.53. The number of nitrogens with zero attached hydrogens (tertiary/aromatic N) is 2. The molecule has 5 nitrogen and oxygen atoms in total. The van der Waals surface area contributed by atoms with Gasteiger partial charge in [0.25, 0.3) is 0 Å². The quantitative estimate of drug-likeness (QED) is 0.877. The van der Waals surface area contributed by atoms with Crippen LogP contribution in [0, 0.1) is 6.92 Å². The molecule has 1 aromatic carbocycles. The molecule has 0 amide bonds. The van der Waals surface area contributed by atoms with Crippen LogP contribution in [0.4, 0.5) is 0 Å². The summed E-state index contributed by atoms with van der Waals surface area (Å²) in [5.74, 6) is -0.860. The van der Waals surface area contributed by atoms with Crippen LogP contribution in [-0.2, 0) is 17.9 Å². The van der Waals surface area contributed by atoms with E-state index in [1.54, 1.807) is 6.26 Å². The third kappa shape index (κ3) is 4.18. The summed E-state index contributed by atoms with van der Waals surface area (Å²) >= 11 is 3.41. The Morgan fingerprint density at radius 1 is 1.45 bits per heavy atom. The van der Waals surface area contributed by atoms with Gasteiger partial charge >= 0.3 is 5.97 Å². The number of hydrogen-bond donors (Lipinski definition) is 1. The molecule has 0 saturated heterocycles. The van der Waals surface area contributed by atoms with Crippen LogP contribution in [0.1, 0.15) is 16.8 Å². The zero-order chi connectivity index (χ0) is 14.5. The lowest BCUT2D eigenvalue weighted by molar-refractivity contribution is -0.138. The maximum absolute atomic E-state index is 11.0.